The van der Waals surface area contributed by atoms with Crippen LogP contribution in [0.15, 0.2) is 56.4 Å². The number of hydrogen-bond acceptors (Lipinski definition) is 4. The van der Waals surface area contributed by atoms with Gasteiger partial charge < -0.3 is 9.42 Å². The second-order valence-corrected chi connectivity index (χ2v) is 8.26. The van der Waals surface area contributed by atoms with Gasteiger partial charge in [-0.05, 0) is 56.7 Å². The molecule has 4 nitrogen and oxygen atoms in total. The summed E-state index contributed by atoms with van der Waals surface area (Å²) in [4.78, 5) is 15.8. The van der Waals surface area contributed by atoms with E-state index in [4.69, 9.17) is 4.52 Å². The fourth-order valence-electron chi connectivity index (χ4n) is 2.76. The first-order valence-electron chi connectivity index (χ1n) is 8.56. The van der Waals surface area contributed by atoms with Crippen molar-refractivity contribution in [2.45, 2.75) is 31.4 Å². The number of carbonyl (C=O) groups is 1. The molecule has 140 valence electrons. The Balaban J connectivity index is 1.84. The van der Waals surface area contributed by atoms with Crippen LogP contribution in [0.4, 0.5) is 5.69 Å². The Bertz CT molecular complexity index is 965. The number of nitrogens with zero attached hydrogens (tertiary/aromatic N) is 2. The monoisotopic (exact) mass is 444 g/mol. The van der Waals surface area contributed by atoms with Gasteiger partial charge in [-0.25, -0.2) is 0 Å². The third-order valence-electron chi connectivity index (χ3n) is 4.50. The minimum Gasteiger partial charge on any atom is -0.361 e. The smallest absolute Gasteiger partial charge is 0.259 e. The molecule has 2 aromatic carbocycles. The van der Waals surface area contributed by atoms with Crippen molar-refractivity contribution in [3.05, 3.63) is 75.1 Å². The first-order valence-corrected chi connectivity index (χ1v) is 10.3. The van der Waals surface area contributed by atoms with Crippen LogP contribution < -0.4 is 4.90 Å². The highest BCUT2D eigenvalue weighted by atomic mass is 79.9. The van der Waals surface area contributed by atoms with E-state index in [1.807, 2.05) is 63.2 Å². The van der Waals surface area contributed by atoms with Gasteiger partial charge in [0.25, 0.3) is 5.91 Å². The Morgan fingerprint density at radius 3 is 2.59 bits per heavy atom. The zero-order valence-electron chi connectivity index (χ0n) is 15.7. The molecule has 0 fully saturated rings. The summed E-state index contributed by atoms with van der Waals surface area (Å²) in [6, 6.07) is 13.6. The van der Waals surface area contributed by atoms with Crippen molar-refractivity contribution in [3.63, 3.8) is 0 Å². The van der Waals surface area contributed by atoms with Gasteiger partial charge in [-0.3, -0.25) is 4.79 Å². The summed E-state index contributed by atoms with van der Waals surface area (Å²) in [5.41, 5.74) is 4.63. The van der Waals surface area contributed by atoms with Crippen molar-refractivity contribution in [1.82, 2.24) is 5.16 Å². The van der Waals surface area contributed by atoms with Crippen LogP contribution in [0.3, 0.4) is 0 Å². The minimum absolute atomic E-state index is 0.0291. The molecule has 0 aliphatic rings. The summed E-state index contributed by atoms with van der Waals surface area (Å²) >= 11 is 5.13. The molecule has 0 saturated heterocycles. The number of carbonyl (C=O) groups excluding carboxylic acids is 1. The molecule has 0 radical (unpaired) electrons. The average molecular weight is 445 g/mol. The van der Waals surface area contributed by atoms with Crippen molar-refractivity contribution in [2.75, 3.05) is 11.9 Å². The zero-order valence-corrected chi connectivity index (χ0v) is 18.1. The quantitative estimate of drug-likeness (QED) is 0.457. The second-order valence-electron chi connectivity index (χ2n) is 6.39. The van der Waals surface area contributed by atoms with E-state index in [9.17, 15) is 4.79 Å². The summed E-state index contributed by atoms with van der Waals surface area (Å²) < 4.78 is 6.27. The molecule has 6 heteroatoms. The van der Waals surface area contributed by atoms with E-state index in [0.29, 0.717) is 11.3 Å². The predicted octanol–water partition coefficient (Wildman–Crippen LogP) is 5.93. The molecule has 3 rings (SSSR count). The Morgan fingerprint density at radius 2 is 1.93 bits per heavy atom. The number of aromatic nitrogens is 1. The van der Waals surface area contributed by atoms with Gasteiger partial charge in [-0.1, -0.05) is 33.2 Å². The van der Waals surface area contributed by atoms with E-state index in [-0.39, 0.29) is 5.91 Å². The lowest BCUT2D eigenvalue weighted by atomic mass is 10.1. The second kappa shape index (κ2) is 8.31. The van der Waals surface area contributed by atoms with E-state index in [2.05, 4.69) is 21.1 Å². The fraction of sp³-hybridized carbons (Fsp3) is 0.238. The van der Waals surface area contributed by atoms with Crippen LogP contribution in [0.1, 0.15) is 32.9 Å². The van der Waals surface area contributed by atoms with E-state index < -0.39 is 0 Å². The SMILES string of the molecule is Cc1cc(N(C)C(=O)c2ccccc2SCc2c(C)noc2C)ccc1Br. The molecule has 1 aromatic heterocycles. The largest absolute Gasteiger partial charge is 0.361 e. The molecule has 0 N–H and O–H groups in total. The van der Waals surface area contributed by atoms with Crippen LogP contribution in [0, 0.1) is 20.8 Å². The number of aryl methyl sites for hydroxylation is 3. The van der Waals surface area contributed by atoms with Crippen LogP contribution in [0.2, 0.25) is 0 Å². The molecule has 0 aliphatic heterocycles. The van der Waals surface area contributed by atoms with Gasteiger partial charge in [0.15, 0.2) is 0 Å². The first kappa shape index (κ1) is 19.7. The average Bonchev–Trinajstić information content (AvgIpc) is 2.99. The highest BCUT2D eigenvalue weighted by Crippen LogP contribution is 2.30. The summed E-state index contributed by atoms with van der Waals surface area (Å²) in [6.45, 7) is 5.86. The van der Waals surface area contributed by atoms with Crippen LogP contribution in [-0.4, -0.2) is 18.1 Å². The Labute approximate surface area is 172 Å². The molecule has 1 amide bonds. The van der Waals surface area contributed by atoms with Crippen molar-refractivity contribution in [1.29, 1.82) is 0 Å². The topological polar surface area (TPSA) is 46.3 Å². The van der Waals surface area contributed by atoms with Gasteiger partial charge in [-0.2, -0.15) is 0 Å². The number of anilines is 1. The molecule has 1 heterocycles. The summed E-state index contributed by atoms with van der Waals surface area (Å²) in [7, 11) is 1.81. The van der Waals surface area contributed by atoms with E-state index in [1.165, 1.54) is 0 Å². The standard InChI is InChI=1S/C21H21BrN2O2S/c1-13-11-16(9-10-19(13)22)24(4)21(25)17-7-5-6-8-20(17)27-12-18-14(2)23-26-15(18)3/h5-11H,12H2,1-4H3. The molecule has 0 aliphatic carbocycles. The third-order valence-corrected chi connectivity index (χ3v) is 6.49. The lowest BCUT2D eigenvalue weighted by Gasteiger charge is -2.20. The Hall–Kier alpha value is -2.05. The van der Waals surface area contributed by atoms with Crippen LogP contribution in [0.5, 0.6) is 0 Å². The van der Waals surface area contributed by atoms with Crippen LogP contribution >= 0.6 is 27.7 Å². The van der Waals surface area contributed by atoms with Crippen LogP contribution in [-0.2, 0) is 5.75 Å². The molecular formula is C21H21BrN2O2S. The van der Waals surface area contributed by atoms with E-state index in [1.54, 1.807) is 23.7 Å². The molecule has 0 atom stereocenters. The lowest BCUT2D eigenvalue weighted by Crippen LogP contribution is -2.26. The maximum atomic E-state index is 13.1. The molecule has 0 bridgehead atoms. The van der Waals surface area contributed by atoms with Crippen molar-refractivity contribution in [3.8, 4) is 0 Å². The van der Waals surface area contributed by atoms with Gasteiger partial charge >= 0.3 is 0 Å². The van der Waals surface area contributed by atoms with Crippen molar-refractivity contribution < 1.29 is 9.32 Å². The van der Waals surface area contributed by atoms with E-state index in [0.717, 1.165) is 37.6 Å². The summed E-state index contributed by atoms with van der Waals surface area (Å²) in [6.07, 6.45) is 0. The molecule has 3 aromatic rings. The highest BCUT2D eigenvalue weighted by Gasteiger charge is 2.18. The maximum absolute atomic E-state index is 13.1. The maximum Gasteiger partial charge on any atom is 0.259 e. The van der Waals surface area contributed by atoms with Gasteiger partial charge in [0.2, 0.25) is 0 Å². The summed E-state index contributed by atoms with van der Waals surface area (Å²) in [5.74, 6) is 1.51. The van der Waals surface area contributed by atoms with Crippen LogP contribution in [0.25, 0.3) is 0 Å². The molecule has 0 saturated carbocycles. The first-order chi connectivity index (χ1) is 12.9. The number of hydrogen-bond donors (Lipinski definition) is 0. The van der Waals surface area contributed by atoms with Crippen molar-refractivity contribution >= 4 is 39.3 Å². The number of rotatable bonds is 5. The number of benzene rings is 2. The minimum atomic E-state index is -0.0291. The third kappa shape index (κ3) is 4.28. The number of amides is 1. The Morgan fingerprint density at radius 1 is 1.19 bits per heavy atom. The van der Waals surface area contributed by atoms with E-state index >= 15 is 0 Å². The van der Waals surface area contributed by atoms with Gasteiger partial charge in [0.05, 0.1) is 11.3 Å². The molecule has 0 spiro atoms. The summed E-state index contributed by atoms with van der Waals surface area (Å²) in [5, 5.41) is 4.00. The Kier molecular flexibility index (Phi) is 6.07. The molecule has 0 unspecified atom stereocenters. The zero-order chi connectivity index (χ0) is 19.6. The van der Waals surface area contributed by atoms with Gasteiger partial charge in [-0.15, -0.1) is 11.8 Å². The highest BCUT2D eigenvalue weighted by molar-refractivity contribution is 9.10. The predicted molar refractivity (Wildman–Crippen MR) is 114 cm³/mol. The normalized spacial score (nSPS) is 10.9. The lowest BCUT2D eigenvalue weighted by molar-refractivity contribution is 0.0990. The number of halogens is 1. The molecular weight excluding hydrogens is 424 g/mol. The molecule has 27 heavy (non-hydrogen) atoms. The number of thioether (sulfide) groups is 1. The van der Waals surface area contributed by atoms with Gasteiger partial charge in [0.1, 0.15) is 5.76 Å². The van der Waals surface area contributed by atoms with Gasteiger partial charge in [0, 0.05) is 33.4 Å². The fourth-order valence-corrected chi connectivity index (χ4v) is 4.21. The van der Waals surface area contributed by atoms with Crippen molar-refractivity contribution in [2.24, 2.45) is 0 Å².